The van der Waals surface area contributed by atoms with Gasteiger partial charge < -0.3 is 4.74 Å². The number of esters is 1. The number of hydrogen-bond donors (Lipinski definition) is 0. The van der Waals surface area contributed by atoms with Crippen LogP contribution in [-0.4, -0.2) is 22.0 Å². The Kier molecular flexibility index (Phi) is 7.48. The summed E-state index contributed by atoms with van der Waals surface area (Å²) >= 11 is 16.3. The molecule has 0 bridgehead atoms. The first-order valence-corrected chi connectivity index (χ1v) is 12.4. The summed E-state index contributed by atoms with van der Waals surface area (Å²) in [6, 6.07) is 17.0. The van der Waals surface area contributed by atoms with Crippen molar-refractivity contribution in [3.8, 4) is 5.75 Å². The maximum atomic E-state index is 13.0. The van der Waals surface area contributed by atoms with E-state index >= 15 is 0 Å². The van der Waals surface area contributed by atoms with Crippen molar-refractivity contribution >= 4 is 74.1 Å². The van der Waals surface area contributed by atoms with Crippen LogP contribution in [-0.2, 0) is 11.3 Å². The van der Waals surface area contributed by atoms with Crippen molar-refractivity contribution < 1.29 is 19.1 Å². The highest BCUT2D eigenvalue weighted by Gasteiger charge is 2.35. The number of ether oxygens (including phenoxy) is 1. The summed E-state index contributed by atoms with van der Waals surface area (Å²) in [5.74, 6) is -0.722. The third-order valence-corrected chi connectivity index (χ3v) is 6.95. The number of thioether (sulfide) groups is 1. The Morgan fingerprint density at radius 1 is 1.06 bits per heavy atom. The number of hydrogen-bond acceptors (Lipinski definition) is 5. The number of nitrogens with zero attached hydrogens (tertiary/aromatic N) is 1. The van der Waals surface area contributed by atoms with Crippen LogP contribution in [0.15, 0.2) is 70.0 Å². The Bertz CT molecular complexity index is 1340. The first-order chi connectivity index (χ1) is 16.2. The molecule has 34 heavy (non-hydrogen) atoms. The summed E-state index contributed by atoms with van der Waals surface area (Å²) in [6.07, 6.45) is 1.54. The summed E-state index contributed by atoms with van der Waals surface area (Å²) in [6.45, 7) is 1.95. The second kappa shape index (κ2) is 10.4. The van der Waals surface area contributed by atoms with Gasteiger partial charge in [0.25, 0.3) is 11.1 Å². The predicted octanol–water partition coefficient (Wildman–Crippen LogP) is 7.52. The monoisotopic (exact) mass is 575 g/mol. The maximum absolute atomic E-state index is 13.0. The Balaban J connectivity index is 1.59. The Morgan fingerprint density at radius 2 is 1.79 bits per heavy atom. The largest absolute Gasteiger partial charge is 0.422 e. The minimum atomic E-state index is -0.526. The van der Waals surface area contributed by atoms with Crippen molar-refractivity contribution in [3.63, 3.8) is 0 Å². The van der Waals surface area contributed by atoms with Gasteiger partial charge >= 0.3 is 5.97 Å². The molecule has 0 radical (unpaired) electrons. The predicted molar refractivity (Wildman–Crippen MR) is 138 cm³/mol. The molecule has 3 aromatic rings. The molecule has 1 saturated heterocycles. The number of aryl methyl sites for hydroxylation is 1. The molecule has 9 heteroatoms. The molecule has 1 aliphatic rings. The molecule has 0 N–H and O–H groups in total. The van der Waals surface area contributed by atoms with Crippen molar-refractivity contribution in [1.29, 1.82) is 0 Å². The van der Waals surface area contributed by atoms with Crippen LogP contribution >= 0.6 is 50.9 Å². The third kappa shape index (κ3) is 5.55. The van der Waals surface area contributed by atoms with Gasteiger partial charge in [0, 0.05) is 20.1 Å². The van der Waals surface area contributed by atoms with Crippen LogP contribution in [0.1, 0.15) is 27.0 Å². The summed E-state index contributed by atoms with van der Waals surface area (Å²) in [5, 5.41) is 0.411. The van der Waals surface area contributed by atoms with Gasteiger partial charge in [-0.25, -0.2) is 4.79 Å². The average Bonchev–Trinajstić information content (AvgIpc) is 3.05. The van der Waals surface area contributed by atoms with Crippen LogP contribution < -0.4 is 4.74 Å². The van der Waals surface area contributed by atoms with Gasteiger partial charge in [0.15, 0.2) is 0 Å². The lowest BCUT2D eigenvalue weighted by molar-refractivity contribution is -0.123. The van der Waals surface area contributed by atoms with Gasteiger partial charge in [-0.2, -0.15) is 0 Å². The lowest BCUT2D eigenvalue weighted by Gasteiger charge is -2.13. The zero-order valence-electron chi connectivity index (χ0n) is 17.7. The van der Waals surface area contributed by atoms with Crippen molar-refractivity contribution in [2.75, 3.05) is 0 Å². The Labute approximate surface area is 218 Å². The molecule has 1 fully saturated rings. The van der Waals surface area contributed by atoms with Crippen LogP contribution in [0, 0.1) is 6.92 Å². The highest BCUT2D eigenvalue weighted by Crippen LogP contribution is 2.36. The van der Waals surface area contributed by atoms with E-state index in [1.165, 1.54) is 6.08 Å². The quantitative estimate of drug-likeness (QED) is 0.178. The number of carbonyl (C=O) groups is 3. The Hall–Kier alpha value is -2.58. The number of imide groups is 1. The van der Waals surface area contributed by atoms with Gasteiger partial charge in [-0.15, -0.1) is 0 Å². The van der Waals surface area contributed by atoms with Crippen LogP contribution in [0.3, 0.4) is 0 Å². The van der Waals surface area contributed by atoms with E-state index in [1.807, 2.05) is 19.1 Å². The second-order valence-electron chi connectivity index (χ2n) is 7.44. The topological polar surface area (TPSA) is 63.7 Å². The van der Waals surface area contributed by atoms with E-state index < -0.39 is 17.1 Å². The van der Waals surface area contributed by atoms with E-state index in [9.17, 15) is 14.4 Å². The molecule has 0 atom stereocenters. The van der Waals surface area contributed by atoms with Crippen LogP contribution in [0.5, 0.6) is 5.75 Å². The molecule has 0 aromatic heterocycles. The lowest BCUT2D eigenvalue weighted by atomic mass is 10.1. The molecule has 5 nitrogen and oxygen atoms in total. The average molecular weight is 577 g/mol. The van der Waals surface area contributed by atoms with Gasteiger partial charge in [-0.05, 0) is 72.8 Å². The number of halogens is 3. The van der Waals surface area contributed by atoms with Crippen molar-refractivity contribution in [2.24, 2.45) is 0 Å². The lowest BCUT2D eigenvalue weighted by Crippen LogP contribution is -2.27. The van der Waals surface area contributed by atoms with Crippen molar-refractivity contribution in [1.82, 2.24) is 4.90 Å². The van der Waals surface area contributed by atoms with Crippen LogP contribution in [0.2, 0.25) is 10.0 Å². The molecule has 1 heterocycles. The molecule has 4 rings (SSSR count). The van der Waals surface area contributed by atoms with E-state index in [0.717, 1.165) is 26.7 Å². The van der Waals surface area contributed by atoms with E-state index in [-0.39, 0.29) is 17.2 Å². The molecule has 3 aromatic carbocycles. The highest BCUT2D eigenvalue weighted by molar-refractivity contribution is 9.10. The van der Waals surface area contributed by atoms with E-state index in [0.29, 0.717) is 26.7 Å². The molecule has 0 spiro atoms. The second-order valence-corrected chi connectivity index (χ2v) is 10.2. The number of amides is 2. The SMILES string of the molecule is Cc1ccc(C(=O)Oc2ccc(Br)cc2/C=C2\SC(=O)N(Cc3ccc(Cl)cc3Cl)C2=O)cc1. The zero-order chi connectivity index (χ0) is 24.4. The third-order valence-electron chi connectivity index (χ3n) is 4.97. The summed E-state index contributed by atoms with van der Waals surface area (Å²) in [4.78, 5) is 39.5. The van der Waals surface area contributed by atoms with Gasteiger partial charge in [0.1, 0.15) is 5.75 Å². The molecule has 1 aliphatic heterocycles. The van der Waals surface area contributed by atoms with Gasteiger partial charge in [-0.1, -0.05) is 62.9 Å². The standard InChI is InChI=1S/C25H16BrCl2NO4S/c1-14-2-4-15(5-3-14)24(31)33-21-9-7-18(26)10-17(21)11-22-23(30)29(25(32)34-22)13-16-6-8-19(27)12-20(16)28/h2-12H,13H2,1H3/b22-11-. The summed E-state index contributed by atoms with van der Waals surface area (Å²) in [5.41, 5.74) is 2.51. The van der Waals surface area contributed by atoms with Gasteiger partial charge in [-0.3, -0.25) is 14.5 Å². The maximum Gasteiger partial charge on any atom is 0.343 e. The van der Waals surface area contributed by atoms with E-state index in [1.54, 1.807) is 48.5 Å². The molecule has 2 amide bonds. The van der Waals surface area contributed by atoms with E-state index in [4.69, 9.17) is 27.9 Å². The highest BCUT2D eigenvalue weighted by atomic mass is 79.9. The molecular formula is C25H16BrCl2NO4S. The summed E-state index contributed by atoms with van der Waals surface area (Å²) < 4.78 is 6.32. The van der Waals surface area contributed by atoms with Crippen molar-refractivity contribution in [2.45, 2.75) is 13.5 Å². The van der Waals surface area contributed by atoms with Gasteiger partial charge in [0.2, 0.25) is 0 Å². The molecule has 172 valence electrons. The van der Waals surface area contributed by atoms with E-state index in [2.05, 4.69) is 15.9 Å². The fraction of sp³-hybridized carbons (Fsp3) is 0.0800. The fourth-order valence-electron chi connectivity index (χ4n) is 3.17. The minimum Gasteiger partial charge on any atom is -0.422 e. The molecule has 0 unspecified atom stereocenters. The minimum absolute atomic E-state index is 0.0196. The first kappa shape index (κ1) is 24.5. The molecule has 0 saturated carbocycles. The Morgan fingerprint density at radius 3 is 2.50 bits per heavy atom. The van der Waals surface area contributed by atoms with Gasteiger partial charge in [0.05, 0.1) is 17.0 Å². The van der Waals surface area contributed by atoms with Crippen molar-refractivity contribution in [3.05, 3.63) is 102 Å². The molecular weight excluding hydrogens is 561 g/mol. The number of carbonyl (C=O) groups excluding carboxylic acids is 3. The van der Waals surface area contributed by atoms with Crippen LogP contribution in [0.4, 0.5) is 4.79 Å². The normalized spacial score (nSPS) is 14.7. The molecule has 0 aliphatic carbocycles. The summed E-state index contributed by atoms with van der Waals surface area (Å²) in [7, 11) is 0. The number of benzene rings is 3. The number of rotatable bonds is 5. The van der Waals surface area contributed by atoms with Crippen LogP contribution in [0.25, 0.3) is 6.08 Å². The zero-order valence-corrected chi connectivity index (χ0v) is 21.6. The first-order valence-electron chi connectivity index (χ1n) is 9.99. The fourth-order valence-corrected chi connectivity index (χ4v) is 4.85. The smallest absolute Gasteiger partial charge is 0.343 e.